The van der Waals surface area contributed by atoms with E-state index >= 15 is 0 Å². The highest BCUT2D eigenvalue weighted by atomic mass is 19.1. The van der Waals surface area contributed by atoms with Crippen LogP contribution in [0.3, 0.4) is 0 Å². The first-order valence-corrected chi connectivity index (χ1v) is 12.7. The van der Waals surface area contributed by atoms with Crippen molar-refractivity contribution in [2.24, 2.45) is 5.92 Å². The van der Waals surface area contributed by atoms with E-state index in [1.807, 2.05) is 0 Å². The molecule has 1 fully saturated rings. The second kappa shape index (κ2) is 10.7. The van der Waals surface area contributed by atoms with Crippen molar-refractivity contribution in [2.75, 3.05) is 6.61 Å². The largest absolute Gasteiger partial charge is 0.486 e. The number of nitrogens with one attached hydrogen (secondary N) is 2. The summed E-state index contributed by atoms with van der Waals surface area (Å²) in [6.45, 7) is 1.77. The number of carbonyl (C=O) groups is 4. The van der Waals surface area contributed by atoms with E-state index in [1.165, 1.54) is 6.07 Å². The van der Waals surface area contributed by atoms with Crippen molar-refractivity contribution < 1.29 is 28.3 Å². The average Bonchev–Trinajstić information content (AvgIpc) is 3.56. The van der Waals surface area contributed by atoms with Gasteiger partial charge in [0.1, 0.15) is 23.7 Å². The molecule has 11 heteroatoms. The van der Waals surface area contributed by atoms with Gasteiger partial charge in [0.2, 0.25) is 0 Å². The molecular formula is C27H28FN5O5. The van der Waals surface area contributed by atoms with Gasteiger partial charge >= 0.3 is 0 Å². The van der Waals surface area contributed by atoms with Crippen LogP contribution in [0.25, 0.3) is 5.65 Å². The Morgan fingerprint density at radius 1 is 1.18 bits per heavy atom. The molecule has 2 aliphatic rings. The van der Waals surface area contributed by atoms with Crippen LogP contribution in [0, 0.1) is 11.7 Å². The Bertz CT molecular complexity index is 1430. The third-order valence-corrected chi connectivity index (χ3v) is 7.04. The van der Waals surface area contributed by atoms with Gasteiger partial charge in [0.15, 0.2) is 23.0 Å². The first-order valence-electron chi connectivity index (χ1n) is 12.7. The van der Waals surface area contributed by atoms with Crippen molar-refractivity contribution in [1.29, 1.82) is 0 Å². The zero-order valence-electron chi connectivity index (χ0n) is 21.0. The van der Waals surface area contributed by atoms with Gasteiger partial charge < -0.3 is 15.4 Å². The number of Topliss-reactive ketones (excluding diaryl/α,β-unsaturated/α-hetero) is 2. The summed E-state index contributed by atoms with van der Waals surface area (Å²) in [6, 6.07) is 5.77. The number of ether oxygens (including phenoxy) is 1. The van der Waals surface area contributed by atoms with E-state index in [1.54, 1.807) is 25.1 Å². The lowest BCUT2D eigenvalue weighted by Gasteiger charge is -2.17. The quantitative estimate of drug-likeness (QED) is 0.466. The van der Waals surface area contributed by atoms with Gasteiger partial charge in [-0.3, -0.25) is 19.2 Å². The molecule has 0 saturated heterocycles. The summed E-state index contributed by atoms with van der Waals surface area (Å²) >= 11 is 0. The minimum absolute atomic E-state index is 0.0283. The summed E-state index contributed by atoms with van der Waals surface area (Å²) in [5, 5.41) is 9.25. The van der Waals surface area contributed by atoms with E-state index < -0.39 is 23.7 Å². The van der Waals surface area contributed by atoms with E-state index in [4.69, 9.17) is 4.74 Å². The summed E-state index contributed by atoms with van der Waals surface area (Å²) in [7, 11) is 0. The van der Waals surface area contributed by atoms with Crippen LogP contribution in [0.4, 0.5) is 4.39 Å². The normalized spacial score (nSPS) is 16.1. The molecule has 5 rings (SSSR count). The van der Waals surface area contributed by atoms with Gasteiger partial charge in [0.25, 0.3) is 11.8 Å². The summed E-state index contributed by atoms with van der Waals surface area (Å²) < 4.78 is 20.8. The Balaban J connectivity index is 1.31. The van der Waals surface area contributed by atoms with Crippen LogP contribution >= 0.6 is 0 Å². The van der Waals surface area contributed by atoms with Crippen molar-refractivity contribution in [3.05, 3.63) is 58.8 Å². The summed E-state index contributed by atoms with van der Waals surface area (Å²) in [5.74, 6) is -1.21. The van der Waals surface area contributed by atoms with Crippen LogP contribution in [-0.4, -0.2) is 50.6 Å². The van der Waals surface area contributed by atoms with Gasteiger partial charge in [-0.2, -0.15) is 5.10 Å². The van der Waals surface area contributed by atoms with E-state index in [0.29, 0.717) is 18.1 Å². The fourth-order valence-corrected chi connectivity index (χ4v) is 4.96. The Morgan fingerprint density at radius 2 is 1.97 bits per heavy atom. The fraction of sp³-hybridized carbons (Fsp3) is 0.407. The molecule has 0 spiro atoms. The second-order valence-electron chi connectivity index (χ2n) is 9.90. The van der Waals surface area contributed by atoms with Gasteiger partial charge in [-0.25, -0.2) is 13.9 Å². The van der Waals surface area contributed by atoms with Gasteiger partial charge in [-0.05, 0) is 30.5 Å². The second-order valence-corrected chi connectivity index (χ2v) is 9.90. The molecule has 0 unspecified atom stereocenters. The number of halogens is 1. The van der Waals surface area contributed by atoms with Crippen molar-refractivity contribution in [2.45, 2.75) is 58.0 Å². The first kappa shape index (κ1) is 25.5. The zero-order valence-corrected chi connectivity index (χ0v) is 21.0. The highest BCUT2D eigenvalue weighted by Gasteiger charge is 2.26. The molecule has 0 bridgehead atoms. The lowest BCUT2D eigenvalue weighted by atomic mass is 9.98. The molecule has 1 aromatic carbocycles. The van der Waals surface area contributed by atoms with E-state index in [0.717, 1.165) is 47.5 Å². The smallest absolute Gasteiger partial charge is 0.270 e. The molecule has 2 aromatic heterocycles. The van der Waals surface area contributed by atoms with Crippen LogP contribution in [0.1, 0.15) is 71.1 Å². The number of amides is 2. The minimum Gasteiger partial charge on any atom is -0.486 e. The highest BCUT2D eigenvalue weighted by Crippen LogP contribution is 2.28. The van der Waals surface area contributed by atoms with Crippen LogP contribution < -0.4 is 15.4 Å². The zero-order chi connectivity index (χ0) is 26.8. The number of hydrogen-bond acceptors (Lipinski definition) is 7. The third kappa shape index (κ3) is 5.41. The third-order valence-electron chi connectivity index (χ3n) is 7.04. The number of ketones is 2. The molecular weight excluding hydrogens is 493 g/mol. The van der Waals surface area contributed by atoms with Crippen LogP contribution in [0.2, 0.25) is 0 Å². The predicted molar refractivity (Wildman–Crippen MR) is 133 cm³/mol. The van der Waals surface area contributed by atoms with Crippen molar-refractivity contribution in [3.8, 4) is 5.75 Å². The first-order chi connectivity index (χ1) is 18.3. The SMILES string of the molecule is C[C@H](NC(=O)c1cc(C(=O)NCc2ccc3c(c2)CC(=O)CO3)nc2c(F)cnn12)C(=O)CC1CCCC1. The Morgan fingerprint density at radius 3 is 2.76 bits per heavy atom. The number of fused-ring (bicyclic) bond motifs is 2. The lowest BCUT2D eigenvalue weighted by molar-refractivity contribution is -0.122. The van der Waals surface area contributed by atoms with Crippen molar-refractivity contribution in [1.82, 2.24) is 25.2 Å². The van der Waals surface area contributed by atoms with Crippen LogP contribution in [-0.2, 0) is 22.6 Å². The van der Waals surface area contributed by atoms with Crippen molar-refractivity contribution >= 4 is 29.0 Å². The maximum absolute atomic E-state index is 14.4. The topological polar surface area (TPSA) is 132 Å². The maximum atomic E-state index is 14.4. The predicted octanol–water partition coefficient (Wildman–Crippen LogP) is 2.57. The number of aromatic nitrogens is 3. The maximum Gasteiger partial charge on any atom is 0.270 e. The molecule has 3 heterocycles. The molecule has 0 radical (unpaired) electrons. The molecule has 1 saturated carbocycles. The number of benzene rings is 1. The van der Waals surface area contributed by atoms with E-state index in [2.05, 4.69) is 20.7 Å². The molecule has 2 amide bonds. The van der Waals surface area contributed by atoms with Gasteiger partial charge in [-0.1, -0.05) is 31.7 Å². The lowest BCUT2D eigenvalue weighted by Crippen LogP contribution is -2.40. The summed E-state index contributed by atoms with van der Waals surface area (Å²) in [5.41, 5.74) is 0.902. The average molecular weight is 522 g/mol. The van der Waals surface area contributed by atoms with Gasteiger partial charge in [0, 0.05) is 31.0 Å². The monoisotopic (exact) mass is 521 g/mol. The number of carbonyl (C=O) groups excluding carboxylic acids is 4. The molecule has 10 nitrogen and oxygen atoms in total. The van der Waals surface area contributed by atoms with Crippen LogP contribution in [0.15, 0.2) is 30.5 Å². The molecule has 38 heavy (non-hydrogen) atoms. The van der Waals surface area contributed by atoms with Gasteiger partial charge in [0.05, 0.1) is 12.2 Å². The van der Waals surface area contributed by atoms with Gasteiger partial charge in [-0.15, -0.1) is 0 Å². The molecule has 3 aromatic rings. The number of nitrogens with zero attached hydrogens (tertiary/aromatic N) is 3. The number of rotatable bonds is 8. The molecule has 1 aliphatic carbocycles. The highest BCUT2D eigenvalue weighted by molar-refractivity contribution is 6.00. The summed E-state index contributed by atoms with van der Waals surface area (Å²) in [4.78, 5) is 54.4. The molecule has 1 atom stereocenters. The Labute approximate surface area is 218 Å². The van der Waals surface area contributed by atoms with Crippen molar-refractivity contribution in [3.63, 3.8) is 0 Å². The Kier molecular flexibility index (Phi) is 7.17. The summed E-state index contributed by atoms with van der Waals surface area (Å²) in [6.07, 6.45) is 5.83. The van der Waals surface area contributed by atoms with E-state index in [9.17, 15) is 23.6 Å². The molecule has 198 valence electrons. The minimum atomic E-state index is -0.793. The molecule has 2 N–H and O–H groups in total. The fourth-order valence-electron chi connectivity index (χ4n) is 4.96. The van der Waals surface area contributed by atoms with Crippen LogP contribution in [0.5, 0.6) is 5.75 Å². The number of hydrogen-bond donors (Lipinski definition) is 2. The molecule has 1 aliphatic heterocycles. The Hall–Kier alpha value is -4.15. The standard InChI is InChI=1S/C27H28FN5O5/c1-15(23(35)9-16-4-2-3-5-16)31-27(37)22-11-21(32-25-20(28)13-30-33(22)25)26(36)29-12-17-6-7-24-18(8-17)10-19(34)14-38-24/h6-8,11,13,15-16H,2-5,9-10,12,14H2,1H3,(H,29,36)(H,31,37)/t15-/m0/s1. The van der Waals surface area contributed by atoms with E-state index in [-0.39, 0.29) is 48.2 Å².